The van der Waals surface area contributed by atoms with Gasteiger partial charge >= 0.3 is 0 Å². The number of rotatable bonds is 1. The maximum absolute atomic E-state index is 5.95. The van der Waals surface area contributed by atoms with E-state index in [9.17, 15) is 0 Å². The van der Waals surface area contributed by atoms with Crippen molar-refractivity contribution in [2.45, 2.75) is 12.8 Å². The van der Waals surface area contributed by atoms with E-state index < -0.39 is 0 Å². The quantitative estimate of drug-likeness (QED) is 0.864. The third-order valence-electron chi connectivity index (χ3n) is 2.87. The van der Waals surface area contributed by atoms with Crippen molar-refractivity contribution in [1.29, 1.82) is 0 Å². The smallest absolute Gasteiger partial charge is 0.173 e. The Morgan fingerprint density at radius 1 is 1.31 bits per heavy atom. The Balaban J connectivity index is 2.15. The van der Waals surface area contributed by atoms with E-state index in [2.05, 4.69) is 30.9 Å². The van der Waals surface area contributed by atoms with Crippen LogP contribution in [0.4, 0.5) is 11.6 Å². The zero-order valence-electron chi connectivity index (χ0n) is 8.73. The fraction of sp³-hybridized carbons (Fsp3) is 0.400. The highest BCUT2D eigenvalue weighted by molar-refractivity contribution is 9.10. The van der Waals surface area contributed by atoms with E-state index in [1.165, 1.54) is 12.8 Å². The average Bonchev–Trinajstić information content (AvgIpc) is 2.88. The molecule has 0 spiro atoms. The van der Waals surface area contributed by atoms with Crippen LogP contribution in [-0.4, -0.2) is 27.7 Å². The molecule has 0 radical (unpaired) electrons. The van der Waals surface area contributed by atoms with Gasteiger partial charge in [0.15, 0.2) is 5.65 Å². The summed E-state index contributed by atoms with van der Waals surface area (Å²) >= 11 is 3.42. The van der Waals surface area contributed by atoms with Crippen molar-refractivity contribution >= 4 is 33.2 Å². The van der Waals surface area contributed by atoms with Gasteiger partial charge in [-0.05, 0) is 28.8 Å². The molecule has 3 heterocycles. The third-order valence-corrected chi connectivity index (χ3v) is 3.43. The van der Waals surface area contributed by atoms with Gasteiger partial charge in [-0.2, -0.15) is 9.61 Å². The fourth-order valence-electron chi connectivity index (χ4n) is 2.05. The molecule has 2 N–H and O–H groups in total. The Bertz CT molecular complexity index is 529. The second kappa shape index (κ2) is 3.62. The van der Waals surface area contributed by atoms with Crippen LogP contribution in [0, 0.1) is 0 Å². The second-order valence-electron chi connectivity index (χ2n) is 3.96. The number of nitrogen functional groups attached to an aromatic ring is 1. The summed E-state index contributed by atoms with van der Waals surface area (Å²) in [7, 11) is 0. The first-order chi connectivity index (χ1) is 7.75. The van der Waals surface area contributed by atoms with Crippen molar-refractivity contribution < 1.29 is 0 Å². The highest BCUT2D eigenvalue weighted by atomic mass is 79.9. The first-order valence-electron chi connectivity index (χ1n) is 5.30. The SMILES string of the molecule is Nc1cc(N2CCCC2)nc2c(Br)cnn12. The highest BCUT2D eigenvalue weighted by Gasteiger charge is 2.16. The van der Waals surface area contributed by atoms with E-state index in [-0.39, 0.29) is 0 Å². The van der Waals surface area contributed by atoms with Crippen LogP contribution in [0.2, 0.25) is 0 Å². The standard InChI is InChI=1S/C10H12BrN5/c11-7-6-13-16-8(12)5-9(14-10(7)16)15-3-1-2-4-15/h5-6H,1-4,12H2. The molecule has 3 rings (SSSR count). The minimum Gasteiger partial charge on any atom is -0.383 e. The largest absolute Gasteiger partial charge is 0.383 e. The molecule has 2 aromatic rings. The molecule has 2 aromatic heterocycles. The topological polar surface area (TPSA) is 59.5 Å². The van der Waals surface area contributed by atoms with Gasteiger partial charge < -0.3 is 10.6 Å². The number of halogens is 1. The normalized spacial score (nSPS) is 16.2. The molecule has 0 aliphatic carbocycles. The van der Waals surface area contributed by atoms with Gasteiger partial charge in [-0.25, -0.2) is 4.98 Å². The first kappa shape index (κ1) is 9.89. The molecular weight excluding hydrogens is 270 g/mol. The Hall–Kier alpha value is -1.30. The minimum atomic E-state index is 0.623. The molecule has 6 heteroatoms. The number of fused-ring (bicyclic) bond motifs is 1. The van der Waals surface area contributed by atoms with E-state index in [1.807, 2.05) is 6.07 Å². The molecule has 0 atom stereocenters. The predicted molar refractivity (Wildman–Crippen MR) is 66.5 cm³/mol. The third kappa shape index (κ3) is 1.44. The van der Waals surface area contributed by atoms with Crippen LogP contribution < -0.4 is 10.6 Å². The zero-order chi connectivity index (χ0) is 11.1. The summed E-state index contributed by atoms with van der Waals surface area (Å²) in [6.07, 6.45) is 4.17. The van der Waals surface area contributed by atoms with Crippen LogP contribution in [0.3, 0.4) is 0 Å². The summed E-state index contributed by atoms with van der Waals surface area (Å²) in [5, 5.41) is 4.15. The van der Waals surface area contributed by atoms with Crippen molar-refractivity contribution in [2.75, 3.05) is 23.7 Å². The molecule has 1 saturated heterocycles. The zero-order valence-corrected chi connectivity index (χ0v) is 10.3. The lowest BCUT2D eigenvalue weighted by atomic mass is 10.4. The molecule has 0 aromatic carbocycles. The van der Waals surface area contributed by atoms with E-state index in [0.717, 1.165) is 29.0 Å². The van der Waals surface area contributed by atoms with Crippen LogP contribution in [0.1, 0.15) is 12.8 Å². The summed E-state index contributed by atoms with van der Waals surface area (Å²) in [6.45, 7) is 2.13. The van der Waals surface area contributed by atoms with Crippen LogP contribution in [0.15, 0.2) is 16.7 Å². The lowest BCUT2D eigenvalue weighted by Gasteiger charge is -2.16. The maximum atomic E-state index is 5.95. The van der Waals surface area contributed by atoms with E-state index in [0.29, 0.717) is 5.82 Å². The van der Waals surface area contributed by atoms with Crippen LogP contribution in [0.5, 0.6) is 0 Å². The molecule has 0 bridgehead atoms. The van der Waals surface area contributed by atoms with E-state index >= 15 is 0 Å². The molecule has 84 valence electrons. The number of anilines is 2. The fourth-order valence-corrected chi connectivity index (χ4v) is 2.40. The Labute approximate surface area is 101 Å². The monoisotopic (exact) mass is 281 g/mol. The molecule has 0 amide bonds. The van der Waals surface area contributed by atoms with Crippen LogP contribution >= 0.6 is 15.9 Å². The number of nitrogens with zero attached hydrogens (tertiary/aromatic N) is 4. The van der Waals surface area contributed by atoms with Crippen molar-refractivity contribution in [3.05, 3.63) is 16.7 Å². The predicted octanol–water partition coefficient (Wildman–Crippen LogP) is 1.67. The van der Waals surface area contributed by atoms with Gasteiger partial charge in [-0.3, -0.25) is 0 Å². The van der Waals surface area contributed by atoms with Gasteiger partial charge in [0.05, 0.1) is 10.7 Å². The highest BCUT2D eigenvalue weighted by Crippen LogP contribution is 2.24. The van der Waals surface area contributed by atoms with Gasteiger partial charge in [0.25, 0.3) is 0 Å². The van der Waals surface area contributed by atoms with Crippen LogP contribution in [-0.2, 0) is 0 Å². The molecule has 0 saturated carbocycles. The van der Waals surface area contributed by atoms with Crippen molar-refractivity contribution in [1.82, 2.24) is 14.6 Å². The molecule has 1 aliphatic rings. The number of hydrogen-bond acceptors (Lipinski definition) is 4. The van der Waals surface area contributed by atoms with Gasteiger partial charge in [0.1, 0.15) is 11.6 Å². The number of aromatic nitrogens is 3. The van der Waals surface area contributed by atoms with E-state index in [4.69, 9.17) is 5.73 Å². The number of nitrogens with two attached hydrogens (primary N) is 1. The molecule has 1 aliphatic heterocycles. The average molecular weight is 282 g/mol. The lowest BCUT2D eigenvalue weighted by molar-refractivity contribution is 0.906. The maximum Gasteiger partial charge on any atom is 0.173 e. The lowest BCUT2D eigenvalue weighted by Crippen LogP contribution is -2.19. The summed E-state index contributed by atoms with van der Waals surface area (Å²) in [5.41, 5.74) is 6.73. The van der Waals surface area contributed by atoms with Gasteiger partial charge in [-0.15, -0.1) is 0 Å². The van der Waals surface area contributed by atoms with Gasteiger partial charge in [0, 0.05) is 19.2 Å². The number of hydrogen-bond donors (Lipinski definition) is 1. The Morgan fingerprint density at radius 2 is 2.06 bits per heavy atom. The minimum absolute atomic E-state index is 0.623. The summed E-state index contributed by atoms with van der Waals surface area (Å²) < 4.78 is 2.52. The molecule has 0 unspecified atom stereocenters. The van der Waals surface area contributed by atoms with Crippen LogP contribution in [0.25, 0.3) is 5.65 Å². The molecule has 1 fully saturated rings. The first-order valence-corrected chi connectivity index (χ1v) is 6.10. The van der Waals surface area contributed by atoms with Crippen molar-refractivity contribution in [3.8, 4) is 0 Å². The Morgan fingerprint density at radius 3 is 2.81 bits per heavy atom. The summed E-state index contributed by atoms with van der Waals surface area (Å²) in [5.74, 6) is 1.57. The van der Waals surface area contributed by atoms with Crippen molar-refractivity contribution in [2.24, 2.45) is 0 Å². The van der Waals surface area contributed by atoms with Gasteiger partial charge in [0.2, 0.25) is 0 Å². The summed E-state index contributed by atoms with van der Waals surface area (Å²) in [4.78, 5) is 6.84. The second-order valence-corrected chi connectivity index (χ2v) is 4.82. The summed E-state index contributed by atoms with van der Waals surface area (Å²) in [6, 6.07) is 1.89. The van der Waals surface area contributed by atoms with Gasteiger partial charge in [-0.1, -0.05) is 0 Å². The molecule has 16 heavy (non-hydrogen) atoms. The van der Waals surface area contributed by atoms with E-state index in [1.54, 1.807) is 10.7 Å². The van der Waals surface area contributed by atoms with Crippen molar-refractivity contribution in [3.63, 3.8) is 0 Å². The Kier molecular flexibility index (Phi) is 2.24. The molecular formula is C10H12BrN5. The molecule has 5 nitrogen and oxygen atoms in total.